The predicted molar refractivity (Wildman–Crippen MR) is 166 cm³/mol. The van der Waals surface area contributed by atoms with E-state index in [2.05, 4.69) is 25.8 Å². The largest absolute Gasteiger partial charge is 0.512 e. The van der Waals surface area contributed by atoms with Crippen molar-refractivity contribution in [2.24, 2.45) is 5.16 Å². The van der Waals surface area contributed by atoms with Crippen molar-refractivity contribution < 1.29 is 48.9 Å². The van der Waals surface area contributed by atoms with Gasteiger partial charge in [0.25, 0.3) is 17.7 Å². The van der Waals surface area contributed by atoms with E-state index in [1.54, 1.807) is 6.07 Å². The second-order valence-electron chi connectivity index (χ2n) is 10.5. The van der Waals surface area contributed by atoms with E-state index in [1.807, 2.05) is 0 Å². The molecule has 1 aromatic carbocycles. The van der Waals surface area contributed by atoms with Crippen LogP contribution in [0, 0.1) is 0 Å². The fourth-order valence-corrected chi connectivity index (χ4v) is 6.34. The molecule has 8 N–H and O–H groups in total. The number of benzene rings is 1. The third-order valence-corrected chi connectivity index (χ3v) is 8.93. The number of pyridine rings is 1. The molecule has 3 amide bonds. The quantitative estimate of drug-likeness (QED) is 0.0665. The van der Waals surface area contributed by atoms with Crippen molar-refractivity contribution in [1.29, 1.82) is 0 Å². The molecule has 0 aliphatic carbocycles. The molecule has 2 atom stereocenters. The van der Waals surface area contributed by atoms with Gasteiger partial charge in [0.15, 0.2) is 16.6 Å². The highest BCUT2D eigenvalue weighted by Crippen LogP contribution is 2.40. The minimum atomic E-state index is -1.82. The first-order chi connectivity index (χ1) is 22.2. The van der Waals surface area contributed by atoms with E-state index >= 15 is 0 Å². The van der Waals surface area contributed by atoms with Crippen molar-refractivity contribution in [2.75, 3.05) is 18.0 Å². The van der Waals surface area contributed by atoms with Crippen LogP contribution in [-0.4, -0.2) is 95.1 Å². The molecule has 2 aromatic heterocycles. The first-order valence-electron chi connectivity index (χ1n) is 13.4. The summed E-state index contributed by atoms with van der Waals surface area (Å²) in [6.07, 6.45) is -0.641. The highest BCUT2D eigenvalue weighted by Gasteiger charge is 2.54. The zero-order chi connectivity index (χ0) is 34.2. The number of aromatic amines is 1. The molecular formula is C27H25N7O11S2. The number of carbonyl (C=O) groups excluding carboxylic acids is 3. The summed E-state index contributed by atoms with van der Waals surface area (Å²) in [6, 6.07) is 3.25. The summed E-state index contributed by atoms with van der Waals surface area (Å²) < 4.78 is 4.94. The minimum absolute atomic E-state index is 0.0395. The molecule has 47 heavy (non-hydrogen) atoms. The van der Waals surface area contributed by atoms with Crippen LogP contribution < -0.4 is 21.8 Å². The van der Waals surface area contributed by atoms with E-state index in [-0.39, 0.29) is 45.5 Å². The Bertz CT molecular complexity index is 1950. The number of nitrogens with one attached hydrogen (secondary N) is 3. The van der Waals surface area contributed by atoms with E-state index < -0.39 is 63.8 Å². The molecule has 3 aromatic rings. The van der Waals surface area contributed by atoms with E-state index in [0.717, 1.165) is 34.2 Å². The number of carboxylic acids is 1. The number of carbonyl (C=O) groups is 5. The Kier molecular flexibility index (Phi) is 8.81. The molecular weight excluding hydrogens is 662 g/mol. The van der Waals surface area contributed by atoms with E-state index in [4.69, 9.17) is 15.3 Å². The maximum Gasteiger partial charge on any atom is 0.512 e. The number of thioether (sulfide) groups is 1. The monoisotopic (exact) mass is 687 g/mol. The van der Waals surface area contributed by atoms with Gasteiger partial charge in [-0.3, -0.25) is 24.1 Å². The Morgan fingerprint density at radius 1 is 1.23 bits per heavy atom. The summed E-state index contributed by atoms with van der Waals surface area (Å²) in [4.78, 5) is 88.0. The second kappa shape index (κ2) is 12.6. The number of thiazole rings is 1. The van der Waals surface area contributed by atoms with Crippen molar-refractivity contribution in [3.05, 3.63) is 62.7 Å². The van der Waals surface area contributed by atoms with Gasteiger partial charge in [0, 0.05) is 29.4 Å². The van der Waals surface area contributed by atoms with Crippen molar-refractivity contribution in [3.8, 4) is 5.75 Å². The first kappa shape index (κ1) is 32.8. The molecule has 2 aliphatic heterocycles. The molecule has 0 radical (unpaired) electrons. The van der Waals surface area contributed by atoms with Gasteiger partial charge in [-0.05, 0) is 26.0 Å². The van der Waals surface area contributed by atoms with Crippen molar-refractivity contribution in [2.45, 2.75) is 30.9 Å². The molecule has 1 unspecified atom stereocenters. The molecule has 1 fully saturated rings. The van der Waals surface area contributed by atoms with E-state index in [9.17, 15) is 44.1 Å². The summed E-state index contributed by atoms with van der Waals surface area (Å²) >= 11 is 2.11. The lowest BCUT2D eigenvalue weighted by Crippen LogP contribution is -2.70. The lowest BCUT2D eigenvalue weighted by atomic mass is 10.0. The molecule has 246 valence electrons. The number of aliphatic carboxylic acids is 1. The van der Waals surface area contributed by atoms with Gasteiger partial charge < -0.3 is 46.2 Å². The summed E-state index contributed by atoms with van der Waals surface area (Å²) in [5, 5.41) is 37.9. The summed E-state index contributed by atoms with van der Waals surface area (Å²) in [6.45, 7) is 2.13. The summed E-state index contributed by atoms with van der Waals surface area (Å²) in [7, 11) is 0. The van der Waals surface area contributed by atoms with Crippen molar-refractivity contribution in [3.63, 3.8) is 0 Å². The van der Waals surface area contributed by atoms with Crippen LogP contribution >= 0.6 is 23.1 Å². The lowest BCUT2D eigenvalue weighted by molar-refractivity contribution is -0.161. The number of hydrogen-bond acceptors (Lipinski definition) is 14. The molecule has 5 rings (SSSR count). The summed E-state index contributed by atoms with van der Waals surface area (Å²) in [5.74, 6) is -4.68. The number of ether oxygens (including phenoxy) is 1. The summed E-state index contributed by atoms with van der Waals surface area (Å²) in [5.41, 5.74) is 3.05. The lowest BCUT2D eigenvalue weighted by Gasteiger charge is -2.49. The molecule has 4 heterocycles. The average Bonchev–Trinajstić information content (AvgIpc) is 3.45. The number of anilines is 1. The fourth-order valence-electron chi connectivity index (χ4n) is 4.47. The topological polar surface area (TPSA) is 276 Å². The Morgan fingerprint density at radius 2 is 1.98 bits per heavy atom. The van der Waals surface area contributed by atoms with Gasteiger partial charge in [-0.2, -0.15) is 0 Å². The Morgan fingerprint density at radius 3 is 2.64 bits per heavy atom. The number of hydrogen-bond donors (Lipinski definition) is 7. The fraction of sp³-hybridized carbons (Fsp3) is 0.259. The third kappa shape index (κ3) is 6.40. The highest BCUT2D eigenvalue weighted by atomic mass is 32.2. The zero-order valence-electron chi connectivity index (χ0n) is 24.3. The normalized spacial score (nSPS) is 17.9. The molecule has 1 saturated heterocycles. The Hall–Kier alpha value is -5.63. The SMILES string of the molecule is CC(C)(O/N=C(\C(=O)NC1C(=O)N2C(OC(=O)O)=C(CNC(=O)c3cccc4[nH]cc(O)c(=O)c34)CS[C@@H]12)c1csc(N)n1)C(=O)O. The van der Waals surface area contributed by atoms with Crippen LogP contribution in [0.15, 0.2) is 51.2 Å². The van der Waals surface area contributed by atoms with Gasteiger partial charge in [0.1, 0.15) is 17.1 Å². The number of nitrogens with zero attached hydrogens (tertiary/aromatic N) is 3. The van der Waals surface area contributed by atoms with Gasteiger partial charge in [0.2, 0.25) is 16.9 Å². The standard InChI is InChI=1S/C27H25N7O11S2/c1-27(2,24(40)41)45-33-16(13-9-47-25(28)31-13)20(38)32-17-21(39)34-22(44-26(42)43)10(8-46-23(17)34)6-30-19(37)11-4-3-5-12-15(11)18(36)14(35)7-29-12/h3-5,7,9,17,23,35H,6,8H2,1-2H3,(H2,28,31)(H,29,36)(H,30,37)(H,32,38)(H,40,41)(H,42,43)/b33-16-/t17?,23-/m0/s1. The number of carboxylic acid groups (broad SMARTS) is 2. The van der Waals surface area contributed by atoms with Crippen LogP contribution in [0.3, 0.4) is 0 Å². The molecule has 0 saturated carbocycles. The maximum atomic E-state index is 13.3. The number of nitrogen functional groups attached to an aromatic ring is 1. The third-order valence-electron chi connectivity index (χ3n) is 6.92. The predicted octanol–water partition coefficient (Wildman–Crippen LogP) is 0.592. The van der Waals surface area contributed by atoms with E-state index in [0.29, 0.717) is 5.52 Å². The Labute approximate surface area is 271 Å². The first-order valence-corrected chi connectivity index (χ1v) is 15.3. The molecule has 0 bridgehead atoms. The van der Waals surface area contributed by atoms with Crippen LogP contribution in [0.25, 0.3) is 10.9 Å². The van der Waals surface area contributed by atoms with Crippen molar-refractivity contribution in [1.82, 2.24) is 25.5 Å². The van der Waals surface area contributed by atoms with Gasteiger partial charge in [-0.1, -0.05) is 11.2 Å². The number of aromatic hydroxyl groups is 1. The van der Waals surface area contributed by atoms with Gasteiger partial charge in [0.05, 0.1) is 16.5 Å². The molecule has 0 spiro atoms. The maximum absolute atomic E-state index is 13.3. The number of H-pyrrole nitrogens is 1. The number of aromatic nitrogens is 2. The number of β-lactam (4-membered cyclic amide) rings is 1. The number of fused-ring (bicyclic) bond motifs is 2. The molecule has 2 aliphatic rings. The van der Waals surface area contributed by atoms with Crippen LogP contribution in [-0.2, 0) is 24.0 Å². The van der Waals surface area contributed by atoms with Crippen molar-refractivity contribution >= 4 is 74.7 Å². The van der Waals surface area contributed by atoms with Crippen LogP contribution in [0.1, 0.15) is 29.9 Å². The smallest absolute Gasteiger partial charge is 0.503 e. The number of nitrogens with two attached hydrogens (primary N) is 1. The van der Waals surface area contributed by atoms with Crippen LogP contribution in [0.5, 0.6) is 5.75 Å². The number of amides is 3. The number of rotatable bonds is 10. The second-order valence-corrected chi connectivity index (χ2v) is 12.5. The van der Waals surface area contributed by atoms with Crippen LogP contribution in [0.2, 0.25) is 0 Å². The highest BCUT2D eigenvalue weighted by molar-refractivity contribution is 8.00. The molecule has 18 nitrogen and oxygen atoms in total. The van der Waals surface area contributed by atoms with Crippen LogP contribution in [0.4, 0.5) is 9.93 Å². The zero-order valence-corrected chi connectivity index (χ0v) is 25.9. The average molecular weight is 688 g/mol. The van der Waals surface area contributed by atoms with Gasteiger partial charge in [-0.25, -0.2) is 14.6 Å². The minimum Gasteiger partial charge on any atom is -0.503 e. The molecule has 20 heteroatoms. The van der Waals surface area contributed by atoms with E-state index in [1.165, 1.54) is 31.4 Å². The van der Waals surface area contributed by atoms with Gasteiger partial charge in [-0.15, -0.1) is 23.1 Å². The van der Waals surface area contributed by atoms with Gasteiger partial charge >= 0.3 is 12.1 Å². The number of oxime groups is 1. The Balaban J connectivity index is 1.35.